The lowest BCUT2D eigenvalue weighted by molar-refractivity contribution is -0.167. The number of carbonyl (C=O) groups excluding carboxylic acids is 3. The average molecular weight is 1040 g/mol. The van der Waals surface area contributed by atoms with Gasteiger partial charge < -0.3 is 14.2 Å². The highest BCUT2D eigenvalue weighted by Gasteiger charge is 2.19. The second-order valence-electron chi connectivity index (χ2n) is 20.5. The van der Waals surface area contributed by atoms with E-state index in [1.165, 1.54) is 128 Å². The molecule has 0 aromatic heterocycles. The summed E-state index contributed by atoms with van der Waals surface area (Å²) in [4.78, 5) is 38.3. The van der Waals surface area contributed by atoms with E-state index in [9.17, 15) is 14.4 Å². The second-order valence-corrected chi connectivity index (χ2v) is 20.5. The van der Waals surface area contributed by atoms with Crippen molar-refractivity contribution < 1.29 is 28.6 Å². The van der Waals surface area contributed by atoms with Crippen LogP contribution < -0.4 is 0 Å². The molecule has 0 bridgehead atoms. The van der Waals surface area contributed by atoms with Gasteiger partial charge in [-0.3, -0.25) is 14.4 Å². The van der Waals surface area contributed by atoms with E-state index in [2.05, 4.69) is 130 Å². The molecule has 0 aliphatic rings. The summed E-state index contributed by atoms with van der Waals surface area (Å²) >= 11 is 0. The number of allylic oxidation sites excluding steroid dienone is 18. The Balaban J connectivity index is 4.36. The molecule has 75 heavy (non-hydrogen) atoms. The van der Waals surface area contributed by atoms with E-state index in [1.54, 1.807) is 0 Å². The van der Waals surface area contributed by atoms with E-state index in [0.717, 1.165) is 122 Å². The van der Waals surface area contributed by atoms with Gasteiger partial charge >= 0.3 is 17.9 Å². The minimum Gasteiger partial charge on any atom is -0.462 e. The first-order valence-corrected chi connectivity index (χ1v) is 31.4. The fourth-order valence-electron chi connectivity index (χ4n) is 8.60. The van der Waals surface area contributed by atoms with Crippen LogP contribution in [0.4, 0.5) is 0 Å². The maximum Gasteiger partial charge on any atom is 0.306 e. The van der Waals surface area contributed by atoms with Crippen LogP contribution in [0.5, 0.6) is 0 Å². The molecule has 0 rings (SSSR count). The standard InChI is InChI=1S/C69H116O6/c1-4-7-10-13-16-19-22-25-27-29-31-32-33-34-35-36-38-39-41-44-47-50-53-56-59-62-68(71)74-65-66(64-73-67(70)61-58-55-52-49-46-43-24-21-18-15-12-9-6-3)75-69(72)63-60-57-54-51-48-45-42-40-37-30-28-26-23-20-17-14-11-8-5-2/h7,9-10,12,16,18-19,21,25-28,31-32,34-35,43,46,66H,4-6,8,11,13-15,17,20,22-24,29-30,33,36-42,44-45,47-65H2,1-3H3/b10-7-,12-9-,19-16-,21-18-,27-25-,28-26-,32-31-,35-34-,46-43-. The maximum atomic E-state index is 12.9. The number of esters is 3. The SMILES string of the molecule is CC/C=C\C/C=C\C/C=C\C/C=C\C/C=C\CCCCCCCCCCCC(=O)OCC(COC(=O)CCCCC/C=C\C/C=C\C/C=C\CC)OC(=O)CCCCCCCCCCC/C=C\CCCCCCCC. The Bertz CT molecular complexity index is 1520. The van der Waals surface area contributed by atoms with Crippen molar-refractivity contribution in [2.24, 2.45) is 0 Å². The average Bonchev–Trinajstić information content (AvgIpc) is 3.41. The first-order valence-electron chi connectivity index (χ1n) is 31.4. The number of carbonyl (C=O) groups is 3. The molecule has 0 N–H and O–H groups in total. The van der Waals surface area contributed by atoms with Gasteiger partial charge in [-0.25, -0.2) is 0 Å². The molecular weight excluding hydrogens is 925 g/mol. The van der Waals surface area contributed by atoms with Gasteiger partial charge in [-0.15, -0.1) is 0 Å². The largest absolute Gasteiger partial charge is 0.462 e. The van der Waals surface area contributed by atoms with Gasteiger partial charge in [0.2, 0.25) is 0 Å². The molecule has 6 nitrogen and oxygen atoms in total. The molecule has 0 fully saturated rings. The zero-order valence-electron chi connectivity index (χ0n) is 49.0. The van der Waals surface area contributed by atoms with Gasteiger partial charge in [0.25, 0.3) is 0 Å². The van der Waals surface area contributed by atoms with Crippen LogP contribution >= 0.6 is 0 Å². The normalized spacial score (nSPS) is 12.8. The lowest BCUT2D eigenvalue weighted by atomic mass is 10.1. The molecule has 0 saturated heterocycles. The molecule has 0 radical (unpaired) electrons. The first-order chi connectivity index (χ1) is 37.0. The molecule has 1 atom stereocenters. The predicted molar refractivity (Wildman–Crippen MR) is 325 cm³/mol. The molecule has 0 heterocycles. The van der Waals surface area contributed by atoms with Crippen molar-refractivity contribution in [3.05, 3.63) is 109 Å². The Morgan fingerprint density at radius 3 is 0.840 bits per heavy atom. The van der Waals surface area contributed by atoms with Gasteiger partial charge in [0.05, 0.1) is 0 Å². The second kappa shape index (κ2) is 62.6. The highest BCUT2D eigenvalue weighted by molar-refractivity contribution is 5.71. The van der Waals surface area contributed by atoms with E-state index < -0.39 is 6.10 Å². The van der Waals surface area contributed by atoms with Crippen LogP contribution in [0.3, 0.4) is 0 Å². The Kier molecular flexibility index (Phi) is 59.3. The van der Waals surface area contributed by atoms with Crippen molar-refractivity contribution in [1.29, 1.82) is 0 Å². The number of hydrogen-bond donors (Lipinski definition) is 0. The first kappa shape index (κ1) is 71.1. The molecular formula is C69H116O6. The number of ether oxygens (including phenoxy) is 3. The summed E-state index contributed by atoms with van der Waals surface area (Å²) in [5.41, 5.74) is 0. The minimum atomic E-state index is -0.796. The van der Waals surface area contributed by atoms with Crippen molar-refractivity contribution >= 4 is 17.9 Å². The fourth-order valence-corrected chi connectivity index (χ4v) is 8.60. The number of rotatable bonds is 56. The molecule has 0 aromatic carbocycles. The van der Waals surface area contributed by atoms with E-state index in [4.69, 9.17) is 14.2 Å². The van der Waals surface area contributed by atoms with Crippen LogP contribution in [-0.2, 0) is 28.6 Å². The molecule has 6 heteroatoms. The summed E-state index contributed by atoms with van der Waals surface area (Å²) in [6.07, 6.45) is 85.2. The molecule has 1 unspecified atom stereocenters. The maximum absolute atomic E-state index is 12.9. The zero-order valence-corrected chi connectivity index (χ0v) is 49.0. The molecule has 0 saturated carbocycles. The predicted octanol–water partition coefficient (Wildman–Crippen LogP) is 21.4. The highest BCUT2D eigenvalue weighted by atomic mass is 16.6. The summed E-state index contributed by atoms with van der Waals surface area (Å²) in [7, 11) is 0. The molecule has 0 amide bonds. The van der Waals surface area contributed by atoms with E-state index in [1.807, 2.05) is 0 Å². The van der Waals surface area contributed by atoms with Gasteiger partial charge in [-0.1, -0.05) is 259 Å². The van der Waals surface area contributed by atoms with Gasteiger partial charge in [0.15, 0.2) is 6.10 Å². The monoisotopic (exact) mass is 1040 g/mol. The summed E-state index contributed by atoms with van der Waals surface area (Å²) in [5.74, 6) is -0.924. The van der Waals surface area contributed by atoms with Crippen molar-refractivity contribution in [2.75, 3.05) is 13.2 Å². The van der Waals surface area contributed by atoms with Crippen molar-refractivity contribution in [1.82, 2.24) is 0 Å². The summed E-state index contributed by atoms with van der Waals surface area (Å²) in [6, 6.07) is 0. The summed E-state index contributed by atoms with van der Waals surface area (Å²) in [6.45, 7) is 6.39. The summed E-state index contributed by atoms with van der Waals surface area (Å²) in [5, 5.41) is 0. The lowest BCUT2D eigenvalue weighted by Gasteiger charge is -2.18. The number of unbranched alkanes of at least 4 members (excludes halogenated alkanes) is 27. The third kappa shape index (κ3) is 60.8. The quantitative estimate of drug-likeness (QED) is 0.0261. The zero-order chi connectivity index (χ0) is 54.3. The third-order valence-corrected chi connectivity index (χ3v) is 13.2. The Morgan fingerprint density at radius 1 is 0.280 bits per heavy atom. The Morgan fingerprint density at radius 2 is 0.520 bits per heavy atom. The summed E-state index contributed by atoms with van der Waals surface area (Å²) < 4.78 is 16.9. The number of hydrogen-bond acceptors (Lipinski definition) is 6. The molecule has 0 aliphatic heterocycles. The van der Waals surface area contributed by atoms with Crippen molar-refractivity contribution in [3.63, 3.8) is 0 Å². The van der Waals surface area contributed by atoms with Crippen LogP contribution in [0.25, 0.3) is 0 Å². The molecule has 0 spiro atoms. The van der Waals surface area contributed by atoms with E-state index in [0.29, 0.717) is 19.3 Å². The van der Waals surface area contributed by atoms with Crippen molar-refractivity contribution in [3.8, 4) is 0 Å². The minimum absolute atomic E-state index is 0.0919. The molecule has 428 valence electrons. The lowest BCUT2D eigenvalue weighted by Crippen LogP contribution is -2.30. The van der Waals surface area contributed by atoms with Crippen molar-refractivity contribution in [2.45, 2.75) is 297 Å². The Hall–Kier alpha value is -3.93. The van der Waals surface area contributed by atoms with Gasteiger partial charge in [-0.2, -0.15) is 0 Å². The highest BCUT2D eigenvalue weighted by Crippen LogP contribution is 2.16. The smallest absolute Gasteiger partial charge is 0.306 e. The van der Waals surface area contributed by atoms with E-state index in [-0.39, 0.29) is 31.1 Å². The topological polar surface area (TPSA) is 78.9 Å². The van der Waals surface area contributed by atoms with Crippen LogP contribution in [0.15, 0.2) is 109 Å². The fraction of sp³-hybridized carbons (Fsp3) is 0.696. The molecule has 0 aromatic rings. The van der Waals surface area contributed by atoms with Gasteiger partial charge in [-0.05, 0) is 122 Å². The third-order valence-electron chi connectivity index (χ3n) is 13.2. The molecule has 0 aliphatic carbocycles. The van der Waals surface area contributed by atoms with Gasteiger partial charge in [0, 0.05) is 19.3 Å². The van der Waals surface area contributed by atoms with Crippen LogP contribution in [0.1, 0.15) is 290 Å². The van der Waals surface area contributed by atoms with E-state index >= 15 is 0 Å². The van der Waals surface area contributed by atoms with Crippen LogP contribution in [0.2, 0.25) is 0 Å². The van der Waals surface area contributed by atoms with Crippen LogP contribution in [0, 0.1) is 0 Å². The Labute approximate surface area is 463 Å². The van der Waals surface area contributed by atoms with Crippen LogP contribution in [-0.4, -0.2) is 37.2 Å². The van der Waals surface area contributed by atoms with Gasteiger partial charge in [0.1, 0.15) is 13.2 Å².